The molecule has 2 heterocycles. The molecule has 1 unspecified atom stereocenters. The minimum atomic E-state index is -2.94. The van der Waals surface area contributed by atoms with Crippen molar-refractivity contribution in [2.45, 2.75) is 23.5 Å². The Bertz CT molecular complexity index is 1020. The van der Waals surface area contributed by atoms with E-state index < -0.39 is 9.84 Å². The molecule has 0 bridgehead atoms. The monoisotopic (exact) mass is 459 g/mol. The van der Waals surface area contributed by atoms with Crippen LogP contribution in [0.5, 0.6) is 0 Å². The number of likely N-dealkylation sites (N-methyl/N-ethyl adjacent to an activating group) is 1. The maximum atomic E-state index is 12.9. The molecule has 1 amide bonds. The van der Waals surface area contributed by atoms with Crippen molar-refractivity contribution < 1.29 is 13.2 Å². The molecule has 6 nitrogen and oxygen atoms in total. The lowest BCUT2D eigenvalue weighted by molar-refractivity contribution is 0.102. The van der Waals surface area contributed by atoms with Crippen molar-refractivity contribution in [2.75, 3.05) is 54.4 Å². The van der Waals surface area contributed by atoms with Crippen LogP contribution in [-0.4, -0.2) is 68.7 Å². The summed E-state index contributed by atoms with van der Waals surface area (Å²) in [5.74, 6) is 0.244. The first-order valence-electron chi connectivity index (χ1n) is 10.8. The number of thioether (sulfide) groups is 1. The number of anilines is 2. The molecule has 2 saturated heterocycles. The van der Waals surface area contributed by atoms with Crippen LogP contribution in [0.4, 0.5) is 11.4 Å². The van der Waals surface area contributed by atoms with E-state index in [1.165, 1.54) is 17.4 Å². The standard InChI is InChI=1S/C23H29N3O3S2/c1-2-25-12-14-26(15-13-25)19-9-7-18(8-10-19)24-23(27)21-5-3-4-6-22(21)30-20-11-16-31(28,29)17-20/h3-10,20H,2,11-17H2,1H3,(H,24,27). The first-order valence-corrected chi connectivity index (χ1v) is 13.5. The third-order valence-corrected chi connectivity index (χ3v) is 9.25. The van der Waals surface area contributed by atoms with Gasteiger partial charge >= 0.3 is 0 Å². The Kier molecular flexibility index (Phi) is 6.89. The second kappa shape index (κ2) is 9.63. The van der Waals surface area contributed by atoms with Gasteiger partial charge in [-0.15, -0.1) is 11.8 Å². The highest BCUT2D eigenvalue weighted by molar-refractivity contribution is 8.02. The van der Waals surface area contributed by atoms with E-state index in [1.807, 2.05) is 30.3 Å². The van der Waals surface area contributed by atoms with Gasteiger partial charge in [-0.05, 0) is 49.4 Å². The minimum absolute atomic E-state index is 0.00593. The number of hydrogen-bond donors (Lipinski definition) is 1. The van der Waals surface area contributed by atoms with Gasteiger partial charge in [-0.1, -0.05) is 19.1 Å². The van der Waals surface area contributed by atoms with Crippen LogP contribution in [0.2, 0.25) is 0 Å². The fourth-order valence-corrected chi connectivity index (χ4v) is 7.69. The number of piperazine rings is 1. The first-order chi connectivity index (χ1) is 14.9. The largest absolute Gasteiger partial charge is 0.369 e. The molecule has 0 spiro atoms. The number of carbonyl (C=O) groups is 1. The fourth-order valence-electron chi connectivity index (χ4n) is 4.07. The molecule has 1 N–H and O–H groups in total. The number of hydrogen-bond acceptors (Lipinski definition) is 6. The lowest BCUT2D eigenvalue weighted by Crippen LogP contribution is -2.46. The van der Waals surface area contributed by atoms with Crippen LogP contribution >= 0.6 is 11.8 Å². The van der Waals surface area contributed by atoms with Crippen molar-refractivity contribution in [1.82, 2.24) is 4.90 Å². The highest BCUT2D eigenvalue weighted by atomic mass is 32.2. The van der Waals surface area contributed by atoms with Gasteiger partial charge in [-0.25, -0.2) is 8.42 Å². The summed E-state index contributed by atoms with van der Waals surface area (Å²) in [6, 6.07) is 15.4. The van der Waals surface area contributed by atoms with Gasteiger partial charge in [-0.2, -0.15) is 0 Å². The van der Waals surface area contributed by atoms with Crippen LogP contribution in [0.25, 0.3) is 0 Å². The molecule has 0 saturated carbocycles. The van der Waals surface area contributed by atoms with Crippen molar-refractivity contribution in [3.8, 4) is 0 Å². The number of nitrogens with one attached hydrogen (secondary N) is 1. The fraction of sp³-hybridized carbons (Fsp3) is 0.435. The Hall–Kier alpha value is -2.03. The predicted molar refractivity (Wildman–Crippen MR) is 128 cm³/mol. The molecule has 2 aliphatic rings. The highest BCUT2D eigenvalue weighted by Gasteiger charge is 2.29. The summed E-state index contributed by atoms with van der Waals surface area (Å²) in [5, 5.41) is 2.99. The molecule has 2 aromatic rings. The Balaban J connectivity index is 1.40. The van der Waals surface area contributed by atoms with E-state index in [1.54, 1.807) is 6.07 Å². The maximum Gasteiger partial charge on any atom is 0.256 e. The van der Waals surface area contributed by atoms with Crippen LogP contribution in [0, 0.1) is 0 Å². The third-order valence-electron chi connectivity index (χ3n) is 5.93. The van der Waals surface area contributed by atoms with Gasteiger partial charge in [0.1, 0.15) is 0 Å². The Morgan fingerprint density at radius 3 is 2.42 bits per heavy atom. The molecule has 1 atom stereocenters. The van der Waals surface area contributed by atoms with Crippen LogP contribution in [0.1, 0.15) is 23.7 Å². The number of amides is 1. The molecule has 0 radical (unpaired) electrons. The predicted octanol–water partition coefficient (Wildman–Crippen LogP) is 3.36. The van der Waals surface area contributed by atoms with Gasteiger partial charge in [0.15, 0.2) is 9.84 Å². The van der Waals surface area contributed by atoms with Crippen LogP contribution in [0.15, 0.2) is 53.4 Å². The first kappa shape index (κ1) is 22.2. The summed E-state index contributed by atoms with van der Waals surface area (Å²) in [4.78, 5) is 18.6. The number of rotatable bonds is 6. The zero-order valence-electron chi connectivity index (χ0n) is 17.8. The van der Waals surface area contributed by atoms with E-state index in [0.717, 1.165) is 43.3 Å². The number of nitrogens with zero attached hydrogens (tertiary/aromatic N) is 2. The maximum absolute atomic E-state index is 12.9. The third kappa shape index (κ3) is 5.61. The van der Waals surface area contributed by atoms with E-state index in [2.05, 4.69) is 34.2 Å². The summed E-state index contributed by atoms with van der Waals surface area (Å²) < 4.78 is 23.5. The van der Waals surface area contributed by atoms with Crippen molar-refractivity contribution in [2.24, 2.45) is 0 Å². The van der Waals surface area contributed by atoms with Gasteiger partial charge in [0, 0.05) is 47.7 Å². The van der Waals surface area contributed by atoms with Gasteiger partial charge < -0.3 is 15.1 Å². The zero-order valence-corrected chi connectivity index (χ0v) is 19.4. The Morgan fingerprint density at radius 1 is 1.06 bits per heavy atom. The summed E-state index contributed by atoms with van der Waals surface area (Å²) >= 11 is 1.49. The summed E-state index contributed by atoms with van der Waals surface area (Å²) in [7, 11) is -2.94. The van der Waals surface area contributed by atoms with E-state index in [9.17, 15) is 13.2 Å². The number of carbonyl (C=O) groups excluding carboxylic acids is 1. The van der Waals surface area contributed by atoms with Gasteiger partial charge in [0.2, 0.25) is 0 Å². The summed E-state index contributed by atoms with van der Waals surface area (Å²) in [6.45, 7) is 7.47. The van der Waals surface area contributed by atoms with Crippen LogP contribution in [-0.2, 0) is 9.84 Å². The molecule has 0 aromatic heterocycles. The van der Waals surface area contributed by atoms with Crippen molar-refractivity contribution >= 4 is 38.9 Å². The van der Waals surface area contributed by atoms with Crippen LogP contribution in [0.3, 0.4) is 0 Å². The molecule has 2 aliphatic heterocycles. The van der Waals surface area contributed by atoms with E-state index in [0.29, 0.717) is 12.0 Å². The topological polar surface area (TPSA) is 69.7 Å². The molecule has 8 heteroatoms. The lowest BCUT2D eigenvalue weighted by atomic mass is 10.2. The Morgan fingerprint density at radius 2 is 1.77 bits per heavy atom. The van der Waals surface area contributed by atoms with E-state index >= 15 is 0 Å². The normalized spacial score (nSPS) is 21.2. The molecule has 2 fully saturated rings. The second-order valence-electron chi connectivity index (χ2n) is 8.06. The minimum Gasteiger partial charge on any atom is -0.369 e. The SMILES string of the molecule is CCN1CCN(c2ccc(NC(=O)c3ccccc3SC3CCS(=O)(=O)C3)cc2)CC1. The molecule has 0 aliphatic carbocycles. The van der Waals surface area contributed by atoms with Crippen molar-refractivity contribution in [1.29, 1.82) is 0 Å². The zero-order chi connectivity index (χ0) is 21.8. The molecule has 31 heavy (non-hydrogen) atoms. The quantitative estimate of drug-likeness (QED) is 0.714. The van der Waals surface area contributed by atoms with Gasteiger partial charge in [0.25, 0.3) is 5.91 Å². The van der Waals surface area contributed by atoms with Gasteiger partial charge in [-0.3, -0.25) is 4.79 Å². The summed E-state index contributed by atoms with van der Waals surface area (Å²) in [5.41, 5.74) is 2.51. The Labute approximate surface area is 188 Å². The molecule has 166 valence electrons. The smallest absolute Gasteiger partial charge is 0.256 e. The van der Waals surface area contributed by atoms with Crippen LogP contribution < -0.4 is 10.2 Å². The highest BCUT2D eigenvalue weighted by Crippen LogP contribution is 2.33. The van der Waals surface area contributed by atoms with Crippen molar-refractivity contribution in [3.63, 3.8) is 0 Å². The second-order valence-corrected chi connectivity index (χ2v) is 11.6. The van der Waals surface area contributed by atoms with Crippen molar-refractivity contribution in [3.05, 3.63) is 54.1 Å². The number of benzene rings is 2. The van der Waals surface area contributed by atoms with E-state index in [-0.39, 0.29) is 22.7 Å². The average Bonchev–Trinajstić information content (AvgIpc) is 3.13. The van der Waals surface area contributed by atoms with Gasteiger partial charge in [0.05, 0.1) is 17.1 Å². The van der Waals surface area contributed by atoms with E-state index in [4.69, 9.17) is 0 Å². The average molecular weight is 460 g/mol. The molecule has 2 aromatic carbocycles. The molecular weight excluding hydrogens is 430 g/mol. The number of sulfone groups is 1. The lowest BCUT2D eigenvalue weighted by Gasteiger charge is -2.35. The summed E-state index contributed by atoms with van der Waals surface area (Å²) in [6.07, 6.45) is 0.636. The molecule has 4 rings (SSSR count). The molecular formula is C23H29N3O3S2.